The van der Waals surface area contributed by atoms with E-state index < -0.39 is 0 Å². The molecule has 5 nitrogen and oxygen atoms in total. The molecule has 1 fully saturated rings. The van der Waals surface area contributed by atoms with Gasteiger partial charge >= 0.3 is 0 Å². The Morgan fingerprint density at radius 3 is 2.14 bits per heavy atom. The van der Waals surface area contributed by atoms with Gasteiger partial charge in [0, 0.05) is 18.8 Å². The van der Waals surface area contributed by atoms with Gasteiger partial charge in [-0.2, -0.15) is 0 Å². The van der Waals surface area contributed by atoms with Crippen LogP contribution < -0.4 is 10.2 Å². The predicted octanol–water partition coefficient (Wildman–Crippen LogP) is 3.83. The lowest BCUT2D eigenvalue weighted by Crippen LogP contribution is -2.30. The van der Waals surface area contributed by atoms with E-state index >= 15 is 0 Å². The van der Waals surface area contributed by atoms with E-state index in [-0.39, 0.29) is 11.8 Å². The van der Waals surface area contributed by atoms with E-state index in [0.717, 1.165) is 41.6 Å². The van der Waals surface area contributed by atoms with Crippen LogP contribution >= 0.6 is 0 Å². The molecule has 0 radical (unpaired) electrons. The van der Waals surface area contributed by atoms with Crippen molar-refractivity contribution < 1.29 is 4.79 Å². The third-order valence-corrected chi connectivity index (χ3v) is 5.26. The van der Waals surface area contributed by atoms with Crippen LogP contribution in [0.25, 0.3) is 0 Å². The smallest absolute Gasteiger partial charge is 0.232 e. The summed E-state index contributed by atoms with van der Waals surface area (Å²) < 4.78 is 0. The Morgan fingerprint density at radius 2 is 1.55 bits per heavy atom. The molecule has 1 aliphatic rings. The van der Waals surface area contributed by atoms with Crippen LogP contribution in [0.3, 0.4) is 0 Å². The van der Waals surface area contributed by atoms with Crippen LogP contribution in [0.15, 0.2) is 66.7 Å². The Balaban J connectivity index is 1.53. The summed E-state index contributed by atoms with van der Waals surface area (Å²) in [5.41, 5.74) is 3.72. The van der Waals surface area contributed by atoms with Crippen molar-refractivity contribution in [1.82, 2.24) is 15.3 Å². The first-order valence-corrected chi connectivity index (χ1v) is 10.2. The van der Waals surface area contributed by atoms with Gasteiger partial charge in [0.05, 0.1) is 18.2 Å². The van der Waals surface area contributed by atoms with E-state index in [9.17, 15) is 4.79 Å². The number of anilines is 1. The molecule has 1 amide bonds. The molecule has 0 aliphatic carbocycles. The molecule has 0 atom stereocenters. The van der Waals surface area contributed by atoms with Gasteiger partial charge in [-0.1, -0.05) is 60.7 Å². The fraction of sp³-hybridized carbons (Fsp3) is 0.292. The lowest BCUT2D eigenvalue weighted by Gasteiger charge is -2.19. The summed E-state index contributed by atoms with van der Waals surface area (Å²) in [6.07, 6.45) is 2.36. The molecule has 4 rings (SSSR count). The maximum absolute atomic E-state index is 13.2. The minimum absolute atomic E-state index is 0.0265. The Bertz CT molecular complexity index is 914. The highest BCUT2D eigenvalue weighted by Gasteiger charge is 2.23. The first kappa shape index (κ1) is 19.1. The zero-order valence-corrected chi connectivity index (χ0v) is 16.7. The molecule has 0 spiro atoms. The number of hydrogen-bond donors (Lipinski definition) is 1. The Kier molecular flexibility index (Phi) is 5.84. The van der Waals surface area contributed by atoms with Gasteiger partial charge in [0.1, 0.15) is 0 Å². The zero-order valence-electron chi connectivity index (χ0n) is 16.7. The molecular formula is C24H26N4O. The van der Waals surface area contributed by atoms with E-state index in [1.165, 1.54) is 12.8 Å². The maximum atomic E-state index is 13.2. The lowest BCUT2D eigenvalue weighted by atomic mass is 9.90. The normalized spacial score (nSPS) is 13.7. The Labute approximate surface area is 171 Å². The van der Waals surface area contributed by atoms with E-state index in [1.54, 1.807) is 0 Å². The van der Waals surface area contributed by atoms with E-state index in [2.05, 4.69) is 15.2 Å². The molecule has 1 aliphatic heterocycles. The number of carbonyl (C=O) groups excluding carboxylic acids is 1. The quantitative estimate of drug-likeness (QED) is 0.699. The van der Waals surface area contributed by atoms with Crippen molar-refractivity contribution in [2.75, 3.05) is 18.0 Å². The number of amides is 1. The molecule has 2 heterocycles. The molecule has 3 aromatic rings. The molecule has 148 valence electrons. The van der Waals surface area contributed by atoms with E-state index in [0.29, 0.717) is 6.54 Å². The molecule has 1 aromatic heterocycles. The minimum Gasteiger partial charge on any atom is -0.350 e. The third kappa shape index (κ3) is 4.62. The van der Waals surface area contributed by atoms with Gasteiger partial charge in [0.25, 0.3) is 0 Å². The summed E-state index contributed by atoms with van der Waals surface area (Å²) in [4.78, 5) is 24.7. The topological polar surface area (TPSA) is 58.1 Å². The fourth-order valence-corrected chi connectivity index (χ4v) is 3.83. The van der Waals surface area contributed by atoms with Crippen molar-refractivity contribution in [3.63, 3.8) is 0 Å². The van der Waals surface area contributed by atoms with Crippen molar-refractivity contribution in [2.24, 2.45) is 0 Å². The number of rotatable bonds is 6. The monoisotopic (exact) mass is 386 g/mol. The van der Waals surface area contributed by atoms with E-state index in [4.69, 9.17) is 4.98 Å². The van der Waals surface area contributed by atoms with Gasteiger partial charge in [-0.25, -0.2) is 9.97 Å². The second-order valence-corrected chi connectivity index (χ2v) is 7.47. The maximum Gasteiger partial charge on any atom is 0.232 e. The highest BCUT2D eigenvalue weighted by atomic mass is 16.1. The number of carbonyl (C=O) groups is 1. The van der Waals surface area contributed by atoms with Crippen molar-refractivity contribution >= 4 is 11.9 Å². The van der Waals surface area contributed by atoms with Crippen molar-refractivity contribution in [3.8, 4) is 0 Å². The molecule has 5 heteroatoms. The molecule has 0 saturated carbocycles. The van der Waals surface area contributed by atoms with Gasteiger partial charge in [-0.15, -0.1) is 0 Å². The first-order chi connectivity index (χ1) is 14.2. The molecule has 0 bridgehead atoms. The fourth-order valence-electron chi connectivity index (χ4n) is 3.83. The SMILES string of the molecule is Cc1cc(CNC(=O)C(c2ccccc2)c2ccccc2)nc(N2CCCC2)n1. The number of benzene rings is 2. The number of nitrogens with zero attached hydrogens (tertiary/aromatic N) is 3. The molecular weight excluding hydrogens is 360 g/mol. The average molecular weight is 386 g/mol. The van der Waals surface area contributed by atoms with Gasteiger partial charge < -0.3 is 10.2 Å². The van der Waals surface area contributed by atoms with Crippen molar-refractivity contribution in [2.45, 2.75) is 32.2 Å². The third-order valence-electron chi connectivity index (χ3n) is 5.26. The number of nitrogens with one attached hydrogen (secondary N) is 1. The van der Waals surface area contributed by atoms with Gasteiger partial charge in [-0.3, -0.25) is 4.79 Å². The predicted molar refractivity (Wildman–Crippen MR) is 115 cm³/mol. The number of aromatic nitrogens is 2. The summed E-state index contributed by atoms with van der Waals surface area (Å²) >= 11 is 0. The standard InChI is InChI=1S/C24H26N4O/c1-18-16-21(27-24(26-18)28-14-8-9-15-28)17-25-23(29)22(19-10-4-2-5-11-19)20-12-6-3-7-13-20/h2-7,10-13,16,22H,8-9,14-15,17H2,1H3,(H,25,29). The largest absolute Gasteiger partial charge is 0.350 e. The highest BCUT2D eigenvalue weighted by Crippen LogP contribution is 2.25. The van der Waals surface area contributed by atoms with Crippen LogP contribution in [0, 0.1) is 6.92 Å². The highest BCUT2D eigenvalue weighted by molar-refractivity contribution is 5.87. The van der Waals surface area contributed by atoms with Gasteiger partial charge in [0.2, 0.25) is 11.9 Å². The van der Waals surface area contributed by atoms with E-state index in [1.807, 2.05) is 73.7 Å². The molecule has 1 saturated heterocycles. The van der Waals surface area contributed by atoms with Gasteiger partial charge in [0.15, 0.2) is 0 Å². The van der Waals surface area contributed by atoms with Crippen LogP contribution in [0.1, 0.15) is 41.3 Å². The number of aryl methyl sites for hydroxylation is 1. The van der Waals surface area contributed by atoms with Crippen LogP contribution in [-0.2, 0) is 11.3 Å². The second kappa shape index (κ2) is 8.86. The molecule has 2 aromatic carbocycles. The Morgan fingerprint density at radius 1 is 0.966 bits per heavy atom. The molecule has 0 unspecified atom stereocenters. The number of hydrogen-bond acceptors (Lipinski definition) is 4. The summed E-state index contributed by atoms with van der Waals surface area (Å²) in [6, 6.07) is 21.7. The van der Waals surface area contributed by atoms with Gasteiger partial charge in [-0.05, 0) is 37.0 Å². The Hall–Kier alpha value is -3.21. The summed E-state index contributed by atoms with van der Waals surface area (Å²) in [5, 5.41) is 3.09. The second-order valence-electron chi connectivity index (χ2n) is 7.47. The first-order valence-electron chi connectivity index (χ1n) is 10.2. The van der Waals surface area contributed by atoms with Crippen LogP contribution in [0.2, 0.25) is 0 Å². The summed E-state index contributed by atoms with van der Waals surface area (Å²) in [6.45, 7) is 4.36. The lowest BCUT2D eigenvalue weighted by molar-refractivity contribution is -0.121. The summed E-state index contributed by atoms with van der Waals surface area (Å²) in [5.74, 6) is 0.397. The molecule has 1 N–H and O–H groups in total. The minimum atomic E-state index is -0.349. The zero-order chi connectivity index (χ0) is 20.1. The molecule has 29 heavy (non-hydrogen) atoms. The van der Waals surface area contributed by atoms with Crippen LogP contribution in [0.5, 0.6) is 0 Å². The van der Waals surface area contributed by atoms with Crippen LogP contribution in [-0.4, -0.2) is 29.0 Å². The van der Waals surface area contributed by atoms with Crippen molar-refractivity contribution in [1.29, 1.82) is 0 Å². The van der Waals surface area contributed by atoms with Crippen molar-refractivity contribution in [3.05, 3.63) is 89.2 Å². The summed E-state index contributed by atoms with van der Waals surface area (Å²) in [7, 11) is 0. The average Bonchev–Trinajstić information content (AvgIpc) is 3.29. The van der Waals surface area contributed by atoms with Crippen LogP contribution in [0.4, 0.5) is 5.95 Å².